The number of aromatic nitrogens is 1. The Morgan fingerprint density at radius 2 is 2.00 bits per heavy atom. The summed E-state index contributed by atoms with van der Waals surface area (Å²) in [4.78, 5) is 27.1. The molecule has 28 heavy (non-hydrogen) atoms. The Bertz CT molecular complexity index is 1250. The summed E-state index contributed by atoms with van der Waals surface area (Å²) in [6.07, 6.45) is 1.66. The Kier molecular flexibility index (Phi) is 4.65. The Hall–Kier alpha value is -3.85. The van der Waals surface area contributed by atoms with Crippen LogP contribution in [0, 0.1) is 10.1 Å². The molecule has 4 rings (SSSR count). The molecule has 0 aliphatic rings. The van der Waals surface area contributed by atoms with Crippen LogP contribution in [0.5, 0.6) is 0 Å². The van der Waals surface area contributed by atoms with Crippen molar-refractivity contribution >= 4 is 39.3 Å². The summed E-state index contributed by atoms with van der Waals surface area (Å²) < 4.78 is 5.27. The first-order valence-corrected chi connectivity index (χ1v) is 9.00. The minimum absolute atomic E-state index is 0.0804. The lowest BCUT2D eigenvalue weighted by atomic mass is 10.1. The number of nitrogens with zero attached hydrogens (tertiary/aromatic N) is 3. The van der Waals surface area contributed by atoms with Crippen LogP contribution in [0.25, 0.3) is 22.2 Å². The summed E-state index contributed by atoms with van der Waals surface area (Å²) in [5.41, 5.74) is 4.02. The summed E-state index contributed by atoms with van der Waals surface area (Å²) in [5.74, 6) is 0. The van der Waals surface area contributed by atoms with Gasteiger partial charge in [0.15, 0.2) is 0 Å². The van der Waals surface area contributed by atoms with Crippen molar-refractivity contribution in [1.82, 2.24) is 4.98 Å². The lowest BCUT2D eigenvalue weighted by molar-refractivity contribution is -0.384. The number of hydrazone groups is 1. The second kappa shape index (κ2) is 7.41. The first-order chi connectivity index (χ1) is 13.6. The largest absolute Gasteiger partial charge is 0.422 e. The van der Waals surface area contributed by atoms with Gasteiger partial charge in [-0.25, -0.2) is 9.78 Å². The Morgan fingerprint density at radius 3 is 2.79 bits per heavy atom. The molecule has 0 radical (unpaired) electrons. The zero-order valence-electron chi connectivity index (χ0n) is 14.2. The highest BCUT2D eigenvalue weighted by atomic mass is 32.1. The van der Waals surface area contributed by atoms with Crippen molar-refractivity contribution in [3.63, 3.8) is 0 Å². The number of hydrogen-bond donors (Lipinski definition) is 1. The highest BCUT2D eigenvalue weighted by molar-refractivity contribution is 7.14. The van der Waals surface area contributed by atoms with Crippen LogP contribution in [-0.2, 0) is 0 Å². The van der Waals surface area contributed by atoms with E-state index < -0.39 is 10.5 Å². The Labute approximate surface area is 161 Å². The van der Waals surface area contributed by atoms with Gasteiger partial charge in [0, 0.05) is 22.9 Å². The van der Waals surface area contributed by atoms with Crippen molar-refractivity contribution in [3.05, 3.63) is 86.1 Å². The number of fused-ring (bicyclic) bond motifs is 1. The Balaban J connectivity index is 1.61. The smallest absolute Gasteiger partial charge is 0.345 e. The molecule has 9 heteroatoms. The first kappa shape index (κ1) is 17.6. The second-order valence-electron chi connectivity index (χ2n) is 5.75. The maximum absolute atomic E-state index is 12.3. The average molecular weight is 392 g/mol. The molecule has 1 N–H and O–H groups in total. The molecule has 4 aromatic rings. The van der Waals surface area contributed by atoms with E-state index in [1.165, 1.54) is 29.5 Å². The molecule has 2 aromatic heterocycles. The van der Waals surface area contributed by atoms with Crippen molar-refractivity contribution in [2.75, 3.05) is 5.43 Å². The quantitative estimate of drug-likeness (QED) is 0.235. The van der Waals surface area contributed by atoms with Crippen molar-refractivity contribution < 1.29 is 9.34 Å². The zero-order chi connectivity index (χ0) is 19.5. The van der Waals surface area contributed by atoms with E-state index in [4.69, 9.17) is 4.42 Å². The molecule has 0 saturated carbocycles. The van der Waals surface area contributed by atoms with Crippen molar-refractivity contribution in [2.24, 2.45) is 5.10 Å². The van der Waals surface area contributed by atoms with E-state index in [0.29, 0.717) is 16.2 Å². The van der Waals surface area contributed by atoms with Gasteiger partial charge in [0.25, 0.3) is 5.69 Å². The summed E-state index contributed by atoms with van der Waals surface area (Å²) in [5, 5.41) is 17.7. The van der Waals surface area contributed by atoms with Crippen LogP contribution in [0.2, 0.25) is 0 Å². The molecule has 0 atom stereocenters. The van der Waals surface area contributed by atoms with Crippen LogP contribution >= 0.6 is 11.3 Å². The fraction of sp³-hybridized carbons (Fsp3) is 0. The van der Waals surface area contributed by atoms with Gasteiger partial charge in [-0.05, 0) is 17.7 Å². The van der Waals surface area contributed by atoms with Gasteiger partial charge in [0.1, 0.15) is 5.58 Å². The monoisotopic (exact) mass is 392 g/mol. The normalized spacial score (nSPS) is 11.1. The topological polar surface area (TPSA) is 111 Å². The number of anilines is 1. The van der Waals surface area contributed by atoms with Gasteiger partial charge in [-0.2, -0.15) is 5.10 Å². The summed E-state index contributed by atoms with van der Waals surface area (Å²) in [6.45, 7) is 0. The zero-order valence-corrected chi connectivity index (χ0v) is 15.1. The minimum atomic E-state index is -0.564. The van der Waals surface area contributed by atoms with E-state index in [-0.39, 0.29) is 16.8 Å². The number of thiazole rings is 1. The number of nitrogens with one attached hydrogen (secondary N) is 1. The van der Waals surface area contributed by atoms with Gasteiger partial charge in [-0.1, -0.05) is 30.3 Å². The highest BCUT2D eigenvalue weighted by Crippen LogP contribution is 2.27. The molecule has 0 saturated heterocycles. The summed E-state index contributed by atoms with van der Waals surface area (Å²) in [7, 11) is 0. The molecule has 0 amide bonds. The molecule has 0 spiro atoms. The van der Waals surface area contributed by atoms with Gasteiger partial charge >= 0.3 is 5.63 Å². The molecule has 0 unspecified atom stereocenters. The fourth-order valence-electron chi connectivity index (χ4n) is 2.55. The van der Waals surface area contributed by atoms with E-state index >= 15 is 0 Å². The van der Waals surface area contributed by atoms with Crippen molar-refractivity contribution in [2.45, 2.75) is 0 Å². The van der Waals surface area contributed by atoms with Gasteiger partial charge in [-0.3, -0.25) is 15.5 Å². The van der Waals surface area contributed by atoms with Crippen LogP contribution < -0.4 is 11.1 Å². The lowest BCUT2D eigenvalue weighted by Gasteiger charge is -2.00. The van der Waals surface area contributed by atoms with Gasteiger partial charge < -0.3 is 4.42 Å². The molecule has 2 aromatic carbocycles. The number of nitro groups is 1. The van der Waals surface area contributed by atoms with Crippen LogP contribution in [0.3, 0.4) is 0 Å². The third kappa shape index (κ3) is 3.64. The van der Waals surface area contributed by atoms with Crippen molar-refractivity contribution in [1.29, 1.82) is 0 Å². The third-order valence-electron chi connectivity index (χ3n) is 3.88. The number of non-ortho nitro benzene ring substituents is 1. The molecule has 0 aliphatic carbocycles. The van der Waals surface area contributed by atoms with E-state index in [2.05, 4.69) is 15.5 Å². The predicted octanol–water partition coefficient (Wildman–Crippen LogP) is 4.27. The maximum atomic E-state index is 12.3. The second-order valence-corrected chi connectivity index (χ2v) is 6.60. The molecule has 0 bridgehead atoms. The molecule has 2 heterocycles. The third-order valence-corrected chi connectivity index (χ3v) is 4.63. The van der Waals surface area contributed by atoms with Gasteiger partial charge in [0.05, 0.1) is 22.4 Å². The number of hydrogen-bond acceptors (Lipinski definition) is 8. The van der Waals surface area contributed by atoms with E-state index in [0.717, 1.165) is 5.56 Å². The van der Waals surface area contributed by atoms with E-state index in [1.807, 2.05) is 30.3 Å². The molecule has 0 fully saturated rings. The Morgan fingerprint density at radius 1 is 1.18 bits per heavy atom. The number of rotatable bonds is 5. The SMILES string of the molecule is O=c1oc2ccc([N+](=O)[O-])cc2cc1-c1csc(N/N=C\c2ccccc2)n1. The molecule has 8 nitrogen and oxygen atoms in total. The summed E-state index contributed by atoms with van der Waals surface area (Å²) >= 11 is 1.28. The van der Waals surface area contributed by atoms with Gasteiger partial charge in [0.2, 0.25) is 5.13 Å². The predicted molar refractivity (Wildman–Crippen MR) is 108 cm³/mol. The van der Waals surface area contributed by atoms with Gasteiger partial charge in [-0.15, -0.1) is 11.3 Å². The lowest BCUT2D eigenvalue weighted by Crippen LogP contribution is -2.03. The molecular formula is C19H12N4O4S. The molecule has 138 valence electrons. The van der Waals surface area contributed by atoms with Crippen LogP contribution in [-0.4, -0.2) is 16.1 Å². The van der Waals surface area contributed by atoms with Crippen LogP contribution in [0.4, 0.5) is 10.8 Å². The minimum Gasteiger partial charge on any atom is -0.422 e. The molecule has 0 aliphatic heterocycles. The van der Waals surface area contributed by atoms with Crippen LogP contribution in [0.1, 0.15) is 5.56 Å². The first-order valence-electron chi connectivity index (χ1n) is 8.12. The average Bonchev–Trinajstić information content (AvgIpc) is 3.16. The van der Waals surface area contributed by atoms with Crippen LogP contribution in [0.15, 0.2) is 74.3 Å². The highest BCUT2D eigenvalue weighted by Gasteiger charge is 2.14. The van der Waals surface area contributed by atoms with Crippen molar-refractivity contribution in [3.8, 4) is 11.3 Å². The number of benzene rings is 2. The number of nitro benzene ring substituents is 1. The fourth-order valence-corrected chi connectivity index (χ4v) is 3.21. The summed E-state index contributed by atoms with van der Waals surface area (Å²) in [6, 6.07) is 15.2. The van der Waals surface area contributed by atoms with E-state index in [9.17, 15) is 14.9 Å². The van der Waals surface area contributed by atoms with E-state index in [1.54, 1.807) is 17.7 Å². The standard InChI is InChI=1S/C19H12N4O4S/c24-18-15(9-13-8-14(23(25)26)6-7-17(13)27-18)16-11-28-19(21-16)22-20-10-12-4-2-1-3-5-12/h1-11H,(H,21,22)/b20-10-. The molecular weight excluding hydrogens is 380 g/mol. The maximum Gasteiger partial charge on any atom is 0.345 e.